The number of nitrogens with zero attached hydrogens (tertiary/aromatic N) is 3. The number of hydrogen-bond donors (Lipinski definition) is 1. The average Bonchev–Trinajstić information content (AvgIpc) is 2.91. The lowest BCUT2D eigenvalue weighted by Gasteiger charge is -2.37. The highest BCUT2D eigenvalue weighted by Crippen LogP contribution is 2.34. The molecule has 4 rings (SSSR count). The SMILES string of the molecule is COc1ccccc1-c1cnc2c(c1)C(=O)N([C@H](C)CO)C[C@H](C)[C@@H](CN(C)Cc1ccc(F)cc1)O2. The van der Waals surface area contributed by atoms with Gasteiger partial charge < -0.3 is 19.5 Å². The fourth-order valence-corrected chi connectivity index (χ4v) is 4.62. The van der Waals surface area contributed by atoms with Crippen molar-refractivity contribution >= 4 is 5.91 Å². The quantitative estimate of drug-likeness (QED) is 0.492. The van der Waals surface area contributed by atoms with E-state index in [0.717, 1.165) is 16.7 Å². The first-order chi connectivity index (χ1) is 17.8. The third-order valence-electron chi connectivity index (χ3n) is 6.80. The van der Waals surface area contributed by atoms with Crippen molar-refractivity contribution in [1.82, 2.24) is 14.8 Å². The number of amides is 1. The van der Waals surface area contributed by atoms with Crippen molar-refractivity contribution in [3.05, 3.63) is 77.7 Å². The number of benzene rings is 2. The van der Waals surface area contributed by atoms with Gasteiger partial charge in [-0.3, -0.25) is 9.69 Å². The number of aliphatic hydroxyl groups excluding tert-OH is 1. The highest BCUT2D eigenvalue weighted by atomic mass is 19.1. The van der Waals surface area contributed by atoms with E-state index in [2.05, 4.69) is 9.88 Å². The standard InChI is InChI=1S/C29H34FN3O4/c1-19-15-33(20(2)18-34)29(35)25-13-22(24-7-5-6-8-26(24)36-4)14-31-28(25)37-27(19)17-32(3)16-21-9-11-23(30)12-10-21/h5-14,19-20,27,34H,15-18H2,1-4H3/t19-,20+,27+/m0/s1. The number of ether oxygens (including phenoxy) is 2. The molecule has 8 heteroatoms. The molecule has 0 radical (unpaired) electrons. The van der Waals surface area contributed by atoms with E-state index >= 15 is 0 Å². The van der Waals surface area contributed by atoms with Crippen molar-refractivity contribution in [1.29, 1.82) is 0 Å². The molecular formula is C29H34FN3O4. The topological polar surface area (TPSA) is 75.1 Å². The van der Waals surface area contributed by atoms with Gasteiger partial charge in [-0.05, 0) is 43.8 Å². The van der Waals surface area contributed by atoms with Crippen LogP contribution in [0.4, 0.5) is 4.39 Å². The Kier molecular flexibility index (Phi) is 8.41. The molecule has 196 valence electrons. The van der Waals surface area contributed by atoms with Crippen LogP contribution in [0.3, 0.4) is 0 Å². The van der Waals surface area contributed by atoms with Crippen LogP contribution in [0.1, 0.15) is 29.8 Å². The summed E-state index contributed by atoms with van der Waals surface area (Å²) in [6.45, 7) is 5.34. The minimum atomic E-state index is -0.367. The number of para-hydroxylation sites is 1. The van der Waals surface area contributed by atoms with Gasteiger partial charge >= 0.3 is 0 Å². The van der Waals surface area contributed by atoms with Crippen LogP contribution in [0.15, 0.2) is 60.8 Å². The third-order valence-corrected chi connectivity index (χ3v) is 6.80. The highest BCUT2D eigenvalue weighted by Gasteiger charge is 2.34. The van der Waals surface area contributed by atoms with Crippen molar-refractivity contribution in [3.8, 4) is 22.8 Å². The number of hydrogen-bond acceptors (Lipinski definition) is 6. The largest absolute Gasteiger partial charge is 0.496 e. The van der Waals surface area contributed by atoms with E-state index in [1.54, 1.807) is 36.4 Å². The number of aliphatic hydroxyl groups is 1. The molecule has 3 aromatic rings. The van der Waals surface area contributed by atoms with Gasteiger partial charge in [-0.15, -0.1) is 0 Å². The third kappa shape index (κ3) is 6.09. The number of carbonyl (C=O) groups is 1. The molecule has 1 amide bonds. The summed E-state index contributed by atoms with van der Waals surface area (Å²) in [7, 11) is 3.59. The van der Waals surface area contributed by atoms with Crippen LogP contribution in [-0.4, -0.2) is 71.8 Å². The minimum absolute atomic E-state index is 0.0301. The van der Waals surface area contributed by atoms with E-state index in [1.165, 1.54) is 12.1 Å². The predicted molar refractivity (Wildman–Crippen MR) is 140 cm³/mol. The van der Waals surface area contributed by atoms with E-state index in [1.807, 2.05) is 45.2 Å². The first kappa shape index (κ1) is 26.6. The van der Waals surface area contributed by atoms with E-state index in [9.17, 15) is 14.3 Å². The average molecular weight is 508 g/mol. The maximum Gasteiger partial charge on any atom is 0.259 e. The summed E-state index contributed by atoms with van der Waals surface area (Å²) in [5.74, 6) is 0.424. The summed E-state index contributed by atoms with van der Waals surface area (Å²) in [6.07, 6.45) is 1.42. The first-order valence-corrected chi connectivity index (χ1v) is 12.5. The molecule has 0 saturated heterocycles. The van der Waals surface area contributed by atoms with Crippen molar-refractivity contribution in [2.24, 2.45) is 5.92 Å². The second kappa shape index (κ2) is 11.7. The molecule has 1 N–H and O–H groups in total. The number of fused-ring (bicyclic) bond motifs is 1. The van der Waals surface area contributed by atoms with Gasteiger partial charge in [-0.25, -0.2) is 9.37 Å². The minimum Gasteiger partial charge on any atom is -0.496 e. The number of aromatic nitrogens is 1. The predicted octanol–water partition coefficient (Wildman–Crippen LogP) is 4.25. The summed E-state index contributed by atoms with van der Waals surface area (Å²) in [5, 5.41) is 9.90. The van der Waals surface area contributed by atoms with Gasteiger partial charge in [0.2, 0.25) is 5.88 Å². The molecule has 3 atom stereocenters. The molecule has 1 aromatic heterocycles. The molecule has 37 heavy (non-hydrogen) atoms. The van der Waals surface area contributed by atoms with E-state index in [0.29, 0.717) is 30.9 Å². The fourth-order valence-electron chi connectivity index (χ4n) is 4.62. The zero-order valence-electron chi connectivity index (χ0n) is 21.7. The van der Waals surface area contributed by atoms with Gasteiger partial charge in [0.1, 0.15) is 23.2 Å². The molecule has 0 aliphatic carbocycles. The van der Waals surface area contributed by atoms with Gasteiger partial charge in [0.25, 0.3) is 5.91 Å². The monoisotopic (exact) mass is 507 g/mol. The highest BCUT2D eigenvalue weighted by molar-refractivity contribution is 5.98. The lowest BCUT2D eigenvalue weighted by molar-refractivity contribution is 0.0325. The molecule has 2 aromatic carbocycles. The summed E-state index contributed by atoms with van der Waals surface area (Å²) in [5.41, 5.74) is 2.90. The smallest absolute Gasteiger partial charge is 0.259 e. The fraction of sp³-hybridized carbons (Fsp3) is 0.379. The first-order valence-electron chi connectivity index (χ1n) is 12.5. The zero-order valence-corrected chi connectivity index (χ0v) is 21.7. The van der Waals surface area contributed by atoms with Crippen molar-refractivity contribution in [2.45, 2.75) is 32.5 Å². The molecular weight excluding hydrogens is 473 g/mol. The number of methoxy groups -OCH3 is 1. The van der Waals surface area contributed by atoms with Gasteiger partial charge in [0.15, 0.2) is 0 Å². The van der Waals surface area contributed by atoms with Crippen LogP contribution in [0.2, 0.25) is 0 Å². The van der Waals surface area contributed by atoms with Gasteiger partial charge in [-0.1, -0.05) is 37.3 Å². The maximum absolute atomic E-state index is 13.7. The zero-order chi connectivity index (χ0) is 26.5. The number of pyridine rings is 1. The number of halogens is 1. The second-order valence-corrected chi connectivity index (χ2v) is 9.72. The molecule has 2 heterocycles. The summed E-state index contributed by atoms with van der Waals surface area (Å²) >= 11 is 0. The summed E-state index contributed by atoms with van der Waals surface area (Å²) < 4.78 is 25.2. The Labute approximate surface area is 217 Å². The molecule has 0 bridgehead atoms. The van der Waals surface area contributed by atoms with E-state index < -0.39 is 0 Å². The van der Waals surface area contributed by atoms with Crippen LogP contribution < -0.4 is 9.47 Å². The lowest BCUT2D eigenvalue weighted by atomic mass is 9.99. The van der Waals surface area contributed by atoms with Crippen LogP contribution in [0.5, 0.6) is 11.6 Å². The van der Waals surface area contributed by atoms with Gasteiger partial charge in [0.05, 0.1) is 19.8 Å². The van der Waals surface area contributed by atoms with Gasteiger partial charge in [0, 0.05) is 42.9 Å². The molecule has 0 spiro atoms. The Morgan fingerprint density at radius 3 is 2.65 bits per heavy atom. The maximum atomic E-state index is 13.7. The Bertz CT molecular complexity index is 1220. The molecule has 1 aliphatic rings. The van der Waals surface area contributed by atoms with Crippen LogP contribution in [0.25, 0.3) is 11.1 Å². The molecule has 7 nitrogen and oxygen atoms in total. The van der Waals surface area contributed by atoms with Crippen molar-refractivity contribution < 1.29 is 23.8 Å². The summed E-state index contributed by atoms with van der Waals surface area (Å²) in [4.78, 5) is 22.1. The van der Waals surface area contributed by atoms with E-state index in [-0.39, 0.29) is 42.3 Å². The Hall–Kier alpha value is -3.49. The summed E-state index contributed by atoms with van der Waals surface area (Å²) in [6, 6.07) is 15.4. The van der Waals surface area contributed by atoms with Crippen molar-refractivity contribution in [3.63, 3.8) is 0 Å². The Morgan fingerprint density at radius 1 is 1.22 bits per heavy atom. The normalized spacial score (nSPS) is 18.6. The number of likely N-dealkylation sites (N-methyl/N-ethyl adjacent to an activating group) is 1. The Balaban J connectivity index is 1.67. The molecule has 0 unspecified atom stereocenters. The number of rotatable bonds is 8. The second-order valence-electron chi connectivity index (χ2n) is 9.72. The molecule has 0 saturated carbocycles. The Morgan fingerprint density at radius 2 is 1.95 bits per heavy atom. The molecule has 1 aliphatic heterocycles. The van der Waals surface area contributed by atoms with Gasteiger partial charge in [-0.2, -0.15) is 0 Å². The van der Waals surface area contributed by atoms with Crippen LogP contribution >= 0.6 is 0 Å². The van der Waals surface area contributed by atoms with E-state index in [4.69, 9.17) is 9.47 Å². The lowest BCUT2D eigenvalue weighted by Crippen LogP contribution is -2.49. The van der Waals surface area contributed by atoms with Crippen LogP contribution in [-0.2, 0) is 6.54 Å². The number of carbonyl (C=O) groups excluding carboxylic acids is 1. The molecule has 0 fully saturated rings. The van der Waals surface area contributed by atoms with Crippen molar-refractivity contribution in [2.75, 3.05) is 33.9 Å². The van der Waals surface area contributed by atoms with Crippen LogP contribution in [0, 0.1) is 11.7 Å².